The number of oxazole rings is 1. The molecule has 1 aliphatic rings. The molecule has 0 unspecified atom stereocenters. The highest BCUT2D eigenvalue weighted by Gasteiger charge is 2.13. The summed E-state index contributed by atoms with van der Waals surface area (Å²) < 4.78 is 5.32. The van der Waals surface area contributed by atoms with Gasteiger partial charge < -0.3 is 15.5 Å². The van der Waals surface area contributed by atoms with Gasteiger partial charge in [0.05, 0.1) is 6.20 Å². The monoisotopic (exact) mass is 236 g/mol. The number of aliphatic imine (C=N–C) groups is 1. The fourth-order valence-electron chi connectivity index (χ4n) is 2.14. The third-order valence-electron chi connectivity index (χ3n) is 3.03. The normalized spacial score (nSPS) is 18.3. The van der Waals surface area contributed by atoms with Crippen LogP contribution in [0.5, 0.6) is 0 Å². The van der Waals surface area contributed by atoms with Crippen molar-refractivity contribution in [3.8, 4) is 0 Å². The lowest BCUT2D eigenvalue weighted by molar-refractivity contribution is 0.412. The number of guanidine groups is 1. The van der Waals surface area contributed by atoms with E-state index in [4.69, 9.17) is 10.2 Å². The summed E-state index contributed by atoms with van der Waals surface area (Å²) in [6.45, 7) is 2.27. The zero-order valence-electron chi connectivity index (χ0n) is 10.3. The molecule has 1 aliphatic carbocycles. The summed E-state index contributed by atoms with van der Waals surface area (Å²) in [4.78, 5) is 8.26. The Hall–Kier alpha value is -1.52. The van der Waals surface area contributed by atoms with Crippen molar-refractivity contribution in [1.29, 1.82) is 0 Å². The topological polar surface area (TPSA) is 76.4 Å². The van der Waals surface area contributed by atoms with Gasteiger partial charge in [0.25, 0.3) is 0 Å². The SMILES string of the molecule is Cc1ncc(CN=C(N)NC2CCCCC2)o1. The summed E-state index contributed by atoms with van der Waals surface area (Å²) in [7, 11) is 0. The minimum atomic E-state index is 0.451. The van der Waals surface area contributed by atoms with Gasteiger partial charge in [0.1, 0.15) is 12.3 Å². The van der Waals surface area contributed by atoms with Crippen LogP contribution in [0.3, 0.4) is 0 Å². The Bertz CT molecular complexity index is 380. The van der Waals surface area contributed by atoms with Gasteiger partial charge in [-0.2, -0.15) is 0 Å². The van der Waals surface area contributed by atoms with Gasteiger partial charge in [-0.1, -0.05) is 19.3 Å². The van der Waals surface area contributed by atoms with Gasteiger partial charge >= 0.3 is 0 Å². The minimum Gasteiger partial charge on any atom is -0.444 e. The van der Waals surface area contributed by atoms with E-state index in [0.29, 0.717) is 24.4 Å². The molecule has 0 aliphatic heterocycles. The number of nitrogens with zero attached hydrogens (tertiary/aromatic N) is 2. The average molecular weight is 236 g/mol. The highest BCUT2D eigenvalue weighted by Crippen LogP contribution is 2.17. The van der Waals surface area contributed by atoms with E-state index >= 15 is 0 Å². The van der Waals surface area contributed by atoms with Gasteiger partial charge in [0, 0.05) is 13.0 Å². The van der Waals surface area contributed by atoms with Crippen molar-refractivity contribution in [1.82, 2.24) is 10.3 Å². The van der Waals surface area contributed by atoms with Crippen molar-refractivity contribution < 1.29 is 4.42 Å². The van der Waals surface area contributed by atoms with Crippen LogP contribution in [-0.2, 0) is 6.54 Å². The van der Waals surface area contributed by atoms with Crippen LogP contribution in [0.15, 0.2) is 15.6 Å². The van der Waals surface area contributed by atoms with Crippen molar-refractivity contribution in [3.05, 3.63) is 17.8 Å². The lowest BCUT2D eigenvalue weighted by Crippen LogP contribution is -2.41. The predicted octanol–water partition coefficient (Wildman–Crippen LogP) is 1.72. The zero-order chi connectivity index (χ0) is 12.1. The van der Waals surface area contributed by atoms with E-state index in [1.165, 1.54) is 32.1 Å². The molecule has 5 nitrogen and oxygen atoms in total. The average Bonchev–Trinajstić information content (AvgIpc) is 2.74. The molecule has 1 saturated carbocycles. The molecule has 5 heteroatoms. The number of nitrogens with one attached hydrogen (secondary N) is 1. The molecule has 2 rings (SSSR count). The molecule has 3 N–H and O–H groups in total. The largest absolute Gasteiger partial charge is 0.444 e. The van der Waals surface area contributed by atoms with E-state index in [1.54, 1.807) is 6.20 Å². The lowest BCUT2D eigenvalue weighted by Gasteiger charge is -2.23. The molecule has 94 valence electrons. The number of aromatic nitrogens is 1. The maximum atomic E-state index is 5.84. The van der Waals surface area contributed by atoms with Gasteiger partial charge in [-0.15, -0.1) is 0 Å². The van der Waals surface area contributed by atoms with Crippen LogP contribution < -0.4 is 11.1 Å². The van der Waals surface area contributed by atoms with E-state index in [9.17, 15) is 0 Å². The fourth-order valence-corrected chi connectivity index (χ4v) is 2.14. The summed E-state index contributed by atoms with van der Waals surface area (Å²) in [5, 5.41) is 3.26. The van der Waals surface area contributed by atoms with Crippen molar-refractivity contribution in [2.45, 2.75) is 51.6 Å². The van der Waals surface area contributed by atoms with Gasteiger partial charge in [-0.25, -0.2) is 9.98 Å². The maximum absolute atomic E-state index is 5.84. The third kappa shape index (κ3) is 3.76. The molecule has 17 heavy (non-hydrogen) atoms. The second kappa shape index (κ2) is 5.70. The summed E-state index contributed by atoms with van der Waals surface area (Å²) in [5.74, 6) is 1.91. The highest BCUT2D eigenvalue weighted by molar-refractivity contribution is 5.78. The minimum absolute atomic E-state index is 0.451. The van der Waals surface area contributed by atoms with Crippen LogP contribution in [0.1, 0.15) is 43.8 Å². The summed E-state index contributed by atoms with van der Waals surface area (Å²) >= 11 is 0. The predicted molar refractivity (Wildman–Crippen MR) is 66.6 cm³/mol. The number of rotatable bonds is 3. The van der Waals surface area contributed by atoms with Crippen LogP contribution in [0.2, 0.25) is 0 Å². The molecule has 0 saturated heterocycles. The van der Waals surface area contributed by atoms with E-state index in [-0.39, 0.29) is 0 Å². The molecule has 1 heterocycles. The first-order valence-electron chi connectivity index (χ1n) is 6.22. The molecule has 0 atom stereocenters. The Labute approximate surface area is 102 Å². The van der Waals surface area contributed by atoms with Crippen LogP contribution in [0.25, 0.3) is 0 Å². The molecule has 1 fully saturated rings. The van der Waals surface area contributed by atoms with E-state index in [2.05, 4.69) is 15.3 Å². The molecule has 0 radical (unpaired) electrons. The molecule has 0 bridgehead atoms. The zero-order valence-corrected chi connectivity index (χ0v) is 10.3. The first kappa shape index (κ1) is 12.0. The van der Waals surface area contributed by atoms with Crippen molar-refractivity contribution in [3.63, 3.8) is 0 Å². The molecule has 1 aromatic rings. The summed E-state index contributed by atoms with van der Waals surface area (Å²) in [6.07, 6.45) is 7.98. The van der Waals surface area contributed by atoms with Gasteiger partial charge in [-0.3, -0.25) is 0 Å². The number of nitrogens with two attached hydrogens (primary N) is 1. The second-order valence-electron chi connectivity index (χ2n) is 4.53. The smallest absolute Gasteiger partial charge is 0.191 e. The Kier molecular flexibility index (Phi) is 4.01. The number of hydrogen-bond donors (Lipinski definition) is 2. The third-order valence-corrected chi connectivity index (χ3v) is 3.03. The van der Waals surface area contributed by atoms with Gasteiger partial charge in [0.2, 0.25) is 0 Å². The van der Waals surface area contributed by atoms with Crippen LogP contribution >= 0.6 is 0 Å². The van der Waals surface area contributed by atoms with Crippen LogP contribution in [0, 0.1) is 6.92 Å². The van der Waals surface area contributed by atoms with E-state index < -0.39 is 0 Å². The second-order valence-corrected chi connectivity index (χ2v) is 4.53. The Balaban J connectivity index is 1.80. The van der Waals surface area contributed by atoms with Gasteiger partial charge in [-0.05, 0) is 12.8 Å². The van der Waals surface area contributed by atoms with Crippen molar-refractivity contribution in [2.75, 3.05) is 0 Å². The Morgan fingerprint density at radius 2 is 2.29 bits per heavy atom. The van der Waals surface area contributed by atoms with Crippen molar-refractivity contribution in [2.24, 2.45) is 10.7 Å². The quantitative estimate of drug-likeness (QED) is 0.619. The summed E-state index contributed by atoms with van der Waals surface area (Å²) in [6, 6.07) is 0.490. The standard InChI is InChI=1S/C12H20N4O/c1-9-14-7-11(17-9)8-15-12(13)16-10-5-3-2-4-6-10/h7,10H,2-6,8H2,1H3,(H3,13,15,16). The molecule has 1 aromatic heterocycles. The fraction of sp³-hybridized carbons (Fsp3) is 0.667. The highest BCUT2D eigenvalue weighted by atomic mass is 16.4. The van der Waals surface area contributed by atoms with Crippen LogP contribution in [-0.4, -0.2) is 17.0 Å². The molecule has 0 aromatic carbocycles. The van der Waals surface area contributed by atoms with Crippen molar-refractivity contribution >= 4 is 5.96 Å². The summed E-state index contributed by atoms with van der Waals surface area (Å²) in [5.41, 5.74) is 5.84. The molecule has 0 amide bonds. The Morgan fingerprint density at radius 3 is 2.94 bits per heavy atom. The lowest BCUT2D eigenvalue weighted by atomic mass is 9.96. The molecular weight excluding hydrogens is 216 g/mol. The first-order chi connectivity index (χ1) is 8.24. The molecular formula is C12H20N4O. The van der Waals surface area contributed by atoms with Gasteiger partial charge in [0.15, 0.2) is 11.9 Å². The Morgan fingerprint density at radius 1 is 1.53 bits per heavy atom. The maximum Gasteiger partial charge on any atom is 0.191 e. The molecule has 0 spiro atoms. The van der Waals surface area contributed by atoms with E-state index in [0.717, 1.165) is 5.76 Å². The van der Waals surface area contributed by atoms with E-state index in [1.807, 2.05) is 6.92 Å². The van der Waals surface area contributed by atoms with Crippen LogP contribution in [0.4, 0.5) is 0 Å². The number of aryl methyl sites for hydroxylation is 1. The first-order valence-corrected chi connectivity index (χ1v) is 6.22. The number of hydrogen-bond acceptors (Lipinski definition) is 3.